The molecule has 1 aliphatic heterocycles. The number of carbonyl (C=O) groups excluding carboxylic acids is 1. The van der Waals surface area contributed by atoms with Crippen LogP contribution in [0.5, 0.6) is 11.5 Å². The number of nitrogens with zero attached hydrogens (tertiary/aromatic N) is 2. The molecule has 0 aliphatic carbocycles. The number of nitrogens with one attached hydrogen (secondary N) is 1. The summed E-state index contributed by atoms with van der Waals surface area (Å²) >= 11 is 0. The second-order valence-electron chi connectivity index (χ2n) is 9.15. The number of likely N-dealkylation sites (tertiary alicyclic amines) is 1. The van der Waals surface area contributed by atoms with Gasteiger partial charge in [-0.25, -0.2) is 0 Å². The first-order chi connectivity index (χ1) is 17.0. The van der Waals surface area contributed by atoms with E-state index in [1.54, 1.807) is 25.3 Å². The second-order valence-corrected chi connectivity index (χ2v) is 9.15. The number of ether oxygens (including phenoxy) is 2. The van der Waals surface area contributed by atoms with Gasteiger partial charge in [0.15, 0.2) is 11.5 Å². The number of benzene rings is 2. The Morgan fingerprint density at radius 2 is 1.71 bits per heavy atom. The number of amides is 1. The summed E-state index contributed by atoms with van der Waals surface area (Å²) in [5.41, 5.74) is 4.62. The van der Waals surface area contributed by atoms with Gasteiger partial charge in [-0.05, 0) is 69.1 Å². The van der Waals surface area contributed by atoms with Crippen molar-refractivity contribution < 1.29 is 18.8 Å². The first-order valence-electron chi connectivity index (χ1n) is 12.3. The van der Waals surface area contributed by atoms with E-state index in [1.807, 2.05) is 13.8 Å². The monoisotopic (exact) mass is 477 g/mol. The Kier molecular flexibility index (Phi) is 8.42. The van der Waals surface area contributed by atoms with E-state index in [2.05, 4.69) is 39.6 Å². The zero-order valence-electron chi connectivity index (χ0n) is 20.9. The Morgan fingerprint density at radius 1 is 1.00 bits per heavy atom. The van der Waals surface area contributed by atoms with Crippen molar-refractivity contribution in [3.05, 3.63) is 76.2 Å². The fourth-order valence-electron chi connectivity index (χ4n) is 4.39. The molecule has 2 heterocycles. The van der Waals surface area contributed by atoms with Gasteiger partial charge in [0, 0.05) is 18.7 Å². The average molecular weight is 478 g/mol. The molecule has 2 aromatic carbocycles. The minimum atomic E-state index is -0.158. The number of rotatable bonds is 9. The molecule has 0 unspecified atom stereocenters. The van der Waals surface area contributed by atoms with Gasteiger partial charge < -0.3 is 19.3 Å². The van der Waals surface area contributed by atoms with Crippen LogP contribution in [0.15, 0.2) is 47.0 Å². The minimum Gasteiger partial charge on any atom is -0.493 e. The minimum absolute atomic E-state index is 0.158. The van der Waals surface area contributed by atoms with E-state index in [0.29, 0.717) is 30.2 Å². The zero-order valence-corrected chi connectivity index (χ0v) is 20.9. The van der Waals surface area contributed by atoms with E-state index in [1.165, 1.54) is 44.3 Å². The van der Waals surface area contributed by atoms with E-state index in [-0.39, 0.29) is 5.91 Å². The highest BCUT2D eigenvalue weighted by molar-refractivity contribution is 5.94. The maximum Gasteiger partial charge on any atom is 0.251 e. The van der Waals surface area contributed by atoms with Crippen molar-refractivity contribution >= 4 is 5.91 Å². The fourth-order valence-corrected chi connectivity index (χ4v) is 4.39. The quantitative estimate of drug-likeness (QED) is 0.457. The van der Waals surface area contributed by atoms with E-state index in [9.17, 15) is 4.79 Å². The van der Waals surface area contributed by atoms with Crippen LogP contribution in [0, 0.1) is 13.8 Å². The fraction of sp³-hybridized carbons (Fsp3) is 0.429. The van der Waals surface area contributed by atoms with Gasteiger partial charge in [0.2, 0.25) is 0 Å². The molecule has 7 nitrogen and oxygen atoms in total. The van der Waals surface area contributed by atoms with Gasteiger partial charge in [-0.3, -0.25) is 9.69 Å². The zero-order chi connectivity index (χ0) is 24.6. The van der Waals surface area contributed by atoms with Crippen molar-refractivity contribution in [2.24, 2.45) is 0 Å². The summed E-state index contributed by atoms with van der Waals surface area (Å²) in [6.07, 6.45) is 5.28. The number of hydrogen-bond donors (Lipinski definition) is 1. The Hall–Kier alpha value is -3.32. The van der Waals surface area contributed by atoms with Crippen LogP contribution in [0.25, 0.3) is 0 Å². The highest BCUT2D eigenvalue weighted by Crippen LogP contribution is 2.29. The highest BCUT2D eigenvalue weighted by Gasteiger charge is 2.14. The van der Waals surface area contributed by atoms with Crippen molar-refractivity contribution in [1.29, 1.82) is 0 Å². The van der Waals surface area contributed by atoms with Gasteiger partial charge in [0.25, 0.3) is 5.91 Å². The van der Waals surface area contributed by atoms with Gasteiger partial charge in [-0.15, -0.1) is 0 Å². The smallest absolute Gasteiger partial charge is 0.251 e. The molecule has 7 heteroatoms. The normalized spacial score (nSPS) is 14.4. The highest BCUT2D eigenvalue weighted by atomic mass is 16.5. The van der Waals surface area contributed by atoms with Crippen LogP contribution >= 0.6 is 0 Å². The Labute approximate surface area is 207 Å². The molecule has 1 N–H and O–H groups in total. The molecule has 1 aliphatic rings. The number of hydrogen-bond acceptors (Lipinski definition) is 6. The lowest BCUT2D eigenvalue weighted by Gasteiger charge is -2.19. The molecule has 1 aromatic heterocycles. The molecule has 4 rings (SSSR count). The molecule has 0 saturated carbocycles. The number of aryl methyl sites for hydroxylation is 2. The van der Waals surface area contributed by atoms with Gasteiger partial charge >= 0.3 is 0 Å². The van der Waals surface area contributed by atoms with Crippen molar-refractivity contribution in [2.75, 3.05) is 20.2 Å². The van der Waals surface area contributed by atoms with Gasteiger partial charge in [-0.1, -0.05) is 42.3 Å². The molecule has 3 aromatic rings. The van der Waals surface area contributed by atoms with Crippen molar-refractivity contribution in [3.63, 3.8) is 0 Å². The molecule has 186 valence electrons. The number of carbonyl (C=O) groups is 1. The molecule has 1 fully saturated rings. The lowest BCUT2D eigenvalue weighted by molar-refractivity contribution is 0.0950. The summed E-state index contributed by atoms with van der Waals surface area (Å²) in [6, 6.07) is 13.7. The van der Waals surface area contributed by atoms with Gasteiger partial charge in [0.05, 0.1) is 18.4 Å². The first-order valence-corrected chi connectivity index (χ1v) is 12.3. The summed E-state index contributed by atoms with van der Waals surface area (Å²) in [4.78, 5) is 15.3. The average Bonchev–Trinajstić information content (AvgIpc) is 3.04. The van der Waals surface area contributed by atoms with E-state index >= 15 is 0 Å². The Morgan fingerprint density at radius 3 is 2.37 bits per heavy atom. The predicted octanol–water partition coefficient (Wildman–Crippen LogP) is 5.19. The molecular weight excluding hydrogens is 442 g/mol. The number of aromatic nitrogens is 1. The predicted molar refractivity (Wildman–Crippen MR) is 135 cm³/mol. The molecule has 1 amide bonds. The van der Waals surface area contributed by atoms with Crippen molar-refractivity contribution in [1.82, 2.24) is 15.4 Å². The molecule has 0 spiro atoms. The largest absolute Gasteiger partial charge is 0.493 e. The molecular formula is C28H35N3O4. The first kappa shape index (κ1) is 24.8. The van der Waals surface area contributed by atoms with Crippen LogP contribution < -0.4 is 14.8 Å². The summed E-state index contributed by atoms with van der Waals surface area (Å²) in [6.45, 7) is 7.88. The maximum absolute atomic E-state index is 12.8. The van der Waals surface area contributed by atoms with Gasteiger partial charge in [0.1, 0.15) is 12.4 Å². The summed E-state index contributed by atoms with van der Waals surface area (Å²) in [5, 5.41) is 6.94. The van der Waals surface area contributed by atoms with Gasteiger partial charge in [-0.2, -0.15) is 0 Å². The van der Waals surface area contributed by atoms with E-state index in [0.717, 1.165) is 29.1 Å². The molecule has 1 saturated heterocycles. The molecule has 0 radical (unpaired) electrons. The van der Waals surface area contributed by atoms with Crippen molar-refractivity contribution in [3.8, 4) is 11.5 Å². The third kappa shape index (κ3) is 6.63. The Bertz CT molecular complexity index is 1100. The van der Waals surface area contributed by atoms with E-state index in [4.69, 9.17) is 14.0 Å². The van der Waals surface area contributed by atoms with Crippen LogP contribution in [0.2, 0.25) is 0 Å². The number of methoxy groups -OCH3 is 1. The molecule has 0 bridgehead atoms. The summed E-state index contributed by atoms with van der Waals surface area (Å²) < 4.78 is 16.6. The summed E-state index contributed by atoms with van der Waals surface area (Å²) in [5.74, 6) is 1.63. The lowest BCUT2D eigenvalue weighted by atomic mass is 10.1. The van der Waals surface area contributed by atoms with Crippen LogP contribution in [-0.2, 0) is 19.7 Å². The molecule has 35 heavy (non-hydrogen) atoms. The Balaban J connectivity index is 1.31. The topological polar surface area (TPSA) is 76.8 Å². The second kappa shape index (κ2) is 11.9. The van der Waals surface area contributed by atoms with Crippen molar-refractivity contribution in [2.45, 2.75) is 59.2 Å². The standard InChI is InChI=1S/C28H35N3O4/c1-20-25(21(2)35-30-20)19-34-26-13-12-24(16-27(26)33-3)28(32)29-17-22-8-10-23(11-9-22)18-31-14-6-4-5-7-15-31/h8-13,16H,4-7,14-15,17-19H2,1-3H3,(H,29,32). The lowest BCUT2D eigenvalue weighted by Crippen LogP contribution is -2.24. The third-order valence-corrected chi connectivity index (χ3v) is 6.56. The van der Waals surface area contributed by atoms with Crippen LogP contribution in [0.4, 0.5) is 0 Å². The third-order valence-electron chi connectivity index (χ3n) is 6.56. The van der Waals surface area contributed by atoms with E-state index < -0.39 is 0 Å². The summed E-state index contributed by atoms with van der Waals surface area (Å²) in [7, 11) is 1.56. The van der Waals surface area contributed by atoms with Crippen LogP contribution in [0.1, 0.15) is 64.2 Å². The van der Waals surface area contributed by atoms with Crippen LogP contribution in [0.3, 0.4) is 0 Å². The SMILES string of the molecule is COc1cc(C(=O)NCc2ccc(CN3CCCCCC3)cc2)ccc1OCc1c(C)noc1C. The van der Waals surface area contributed by atoms with Crippen LogP contribution in [-0.4, -0.2) is 36.2 Å². The molecule has 0 atom stereocenters. The maximum atomic E-state index is 12.8.